The third kappa shape index (κ3) is 6.09. The summed E-state index contributed by atoms with van der Waals surface area (Å²) in [6.07, 6.45) is 1.26. The molecule has 1 unspecified atom stereocenters. The Labute approximate surface area is 171 Å². The molecule has 3 rings (SSSR count). The van der Waals surface area contributed by atoms with Gasteiger partial charge in [-0.15, -0.1) is 11.8 Å². The molecule has 0 bridgehead atoms. The normalized spacial score (nSPS) is 16.7. The average molecular weight is 419 g/mol. The van der Waals surface area contributed by atoms with E-state index in [2.05, 4.69) is 4.90 Å². The Morgan fingerprint density at radius 3 is 2.11 bits per heavy atom. The van der Waals surface area contributed by atoms with E-state index in [1.54, 1.807) is 11.8 Å². The van der Waals surface area contributed by atoms with Crippen molar-refractivity contribution in [2.75, 3.05) is 44.7 Å². The van der Waals surface area contributed by atoms with Gasteiger partial charge in [-0.3, -0.25) is 9.69 Å². The van der Waals surface area contributed by atoms with Crippen molar-refractivity contribution in [1.82, 2.24) is 9.80 Å². The van der Waals surface area contributed by atoms with Crippen LogP contribution in [0.25, 0.3) is 0 Å². The molecule has 0 saturated carbocycles. The van der Waals surface area contributed by atoms with E-state index in [4.69, 9.17) is 0 Å². The molecule has 150 valence electrons. The standard InChI is InChI=1S/C21H26N2O3S2/c1-28(25,26)17-16-22-12-14-23(15-13-22)21(24)20(18-8-4-2-5-9-18)27-19-10-6-3-7-11-19/h2-11,20H,12-17H2,1H3. The number of amides is 1. The minimum Gasteiger partial charge on any atom is -0.339 e. The summed E-state index contributed by atoms with van der Waals surface area (Å²) in [5, 5.41) is -0.286. The Balaban J connectivity index is 1.67. The molecule has 28 heavy (non-hydrogen) atoms. The molecule has 5 nitrogen and oxygen atoms in total. The van der Waals surface area contributed by atoms with Crippen molar-refractivity contribution in [3.05, 3.63) is 66.2 Å². The number of nitrogens with zero attached hydrogens (tertiary/aromatic N) is 2. The van der Waals surface area contributed by atoms with Crippen molar-refractivity contribution in [2.24, 2.45) is 0 Å². The molecule has 1 aliphatic rings. The number of thioether (sulfide) groups is 1. The van der Waals surface area contributed by atoms with E-state index in [0.717, 1.165) is 10.5 Å². The van der Waals surface area contributed by atoms with Crippen LogP contribution in [0.4, 0.5) is 0 Å². The highest BCUT2D eigenvalue weighted by atomic mass is 32.2. The summed E-state index contributed by atoms with van der Waals surface area (Å²) in [6.45, 7) is 3.20. The van der Waals surface area contributed by atoms with Crippen LogP contribution in [0.2, 0.25) is 0 Å². The summed E-state index contributed by atoms with van der Waals surface area (Å²) in [5.74, 6) is 0.278. The van der Waals surface area contributed by atoms with E-state index in [-0.39, 0.29) is 16.9 Å². The van der Waals surface area contributed by atoms with E-state index in [1.807, 2.05) is 65.6 Å². The number of piperazine rings is 1. The lowest BCUT2D eigenvalue weighted by molar-refractivity contribution is -0.132. The molecule has 1 saturated heterocycles. The van der Waals surface area contributed by atoms with Crippen molar-refractivity contribution in [3.8, 4) is 0 Å². The molecule has 0 spiro atoms. The number of benzene rings is 2. The second-order valence-electron chi connectivity index (χ2n) is 7.02. The predicted molar refractivity (Wildman–Crippen MR) is 114 cm³/mol. The second-order valence-corrected chi connectivity index (χ2v) is 10.5. The molecule has 1 heterocycles. The molecule has 0 aromatic heterocycles. The summed E-state index contributed by atoms with van der Waals surface area (Å²) >= 11 is 1.57. The van der Waals surface area contributed by atoms with Gasteiger partial charge in [0.05, 0.1) is 5.75 Å². The first-order chi connectivity index (χ1) is 13.4. The lowest BCUT2D eigenvalue weighted by Crippen LogP contribution is -2.50. The predicted octanol–water partition coefficient (Wildman–Crippen LogP) is 2.71. The number of hydrogen-bond donors (Lipinski definition) is 0. The van der Waals surface area contributed by atoms with Crippen LogP contribution in [0.1, 0.15) is 10.8 Å². The van der Waals surface area contributed by atoms with Crippen molar-refractivity contribution in [3.63, 3.8) is 0 Å². The van der Waals surface area contributed by atoms with E-state index < -0.39 is 9.84 Å². The largest absolute Gasteiger partial charge is 0.339 e. The molecule has 1 atom stereocenters. The maximum absolute atomic E-state index is 13.3. The molecule has 7 heteroatoms. The number of carbonyl (C=O) groups excluding carboxylic acids is 1. The summed E-state index contributed by atoms with van der Waals surface area (Å²) < 4.78 is 22.7. The van der Waals surface area contributed by atoms with E-state index in [1.165, 1.54) is 6.26 Å². The first kappa shape index (κ1) is 20.9. The van der Waals surface area contributed by atoms with Crippen LogP contribution in [0.5, 0.6) is 0 Å². The van der Waals surface area contributed by atoms with Crippen LogP contribution in [0, 0.1) is 0 Å². The molecule has 0 N–H and O–H groups in total. The van der Waals surface area contributed by atoms with Crippen LogP contribution in [0.15, 0.2) is 65.6 Å². The minimum atomic E-state index is -2.96. The minimum absolute atomic E-state index is 0.114. The summed E-state index contributed by atoms with van der Waals surface area (Å²) in [5.41, 5.74) is 1.00. The fraction of sp³-hybridized carbons (Fsp3) is 0.381. The molecule has 1 aliphatic heterocycles. The van der Waals surface area contributed by atoms with Gasteiger partial charge in [0.1, 0.15) is 15.1 Å². The van der Waals surface area contributed by atoms with Gasteiger partial charge in [-0.2, -0.15) is 0 Å². The highest BCUT2D eigenvalue weighted by Crippen LogP contribution is 2.36. The zero-order valence-corrected chi connectivity index (χ0v) is 17.7. The molecular formula is C21H26N2O3S2. The Bertz CT molecular complexity index is 865. The van der Waals surface area contributed by atoms with Crippen LogP contribution < -0.4 is 0 Å². The van der Waals surface area contributed by atoms with Crippen LogP contribution >= 0.6 is 11.8 Å². The highest BCUT2D eigenvalue weighted by Gasteiger charge is 2.29. The fourth-order valence-electron chi connectivity index (χ4n) is 3.18. The zero-order chi connectivity index (χ0) is 20.0. The van der Waals surface area contributed by atoms with Crippen LogP contribution in [0.3, 0.4) is 0 Å². The number of carbonyl (C=O) groups is 1. The number of rotatable bonds is 7. The first-order valence-electron chi connectivity index (χ1n) is 9.38. The molecule has 2 aromatic carbocycles. The molecule has 2 aromatic rings. The Morgan fingerprint density at radius 1 is 0.964 bits per heavy atom. The van der Waals surface area contributed by atoms with E-state index >= 15 is 0 Å². The van der Waals surface area contributed by atoms with Crippen molar-refractivity contribution >= 4 is 27.5 Å². The maximum Gasteiger partial charge on any atom is 0.240 e. The second kappa shape index (κ2) is 9.58. The van der Waals surface area contributed by atoms with Gasteiger partial charge in [0.2, 0.25) is 5.91 Å². The van der Waals surface area contributed by atoms with Gasteiger partial charge >= 0.3 is 0 Å². The molecular weight excluding hydrogens is 392 g/mol. The molecule has 1 amide bonds. The number of sulfone groups is 1. The van der Waals surface area contributed by atoms with Crippen molar-refractivity contribution < 1.29 is 13.2 Å². The highest BCUT2D eigenvalue weighted by molar-refractivity contribution is 8.00. The fourth-order valence-corrected chi connectivity index (χ4v) is 4.90. The number of hydrogen-bond acceptors (Lipinski definition) is 5. The van der Waals surface area contributed by atoms with E-state index in [0.29, 0.717) is 32.7 Å². The summed E-state index contributed by atoms with van der Waals surface area (Å²) in [4.78, 5) is 18.4. The zero-order valence-electron chi connectivity index (χ0n) is 16.0. The lowest BCUT2D eigenvalue weighted by Gasteiger charge is -2.36. The van der Waals surface area contributed by atoms with E-state index in [9.17, 15) is 13.2 Å². The maximum atomic E-state index is 13.3. The van der Waals surface area contributed by atoms with Gasteiger partial charge in [-0.05, 0) is 17.7 Å². The van der Waals surface area contributed by atoms with Crippen molar-refractivity contribution in [2.45, 2.75) is 10.1 Å². The quantitative estimate of drug-likeness (QED) is 0.647. The van der Waals surface area contributed by atoms with Gasteiger partial charge in [0, 0.05) is 43.9 Å². The smallest absolute Gasteiger partial charge is 0.240 e. The van der Waals surface area contributed by atoms with Gasteiger partial charge in [0.15, 0.2) is 0 Å². The molecule has 1 fully saturated rings. The van der Waals surface area contributed by atoms with Crippen LogP contribution in [-0.4, -0.2) is 68.9 Å². The summed E-state index contributed by atoms with van der Waals surface area (Å²) in [7, 11) is -2.96. The van der Waals surface area contributed by atoms with Gasteiger partial charge in [0.25, 0.3) is 0 Å². The van der Waals surface area contributed by atoms with Crippen molar-refractivity contribution in [1.29, 1.82) is 0 Å². The summed E-state index contributed by atoms with van der Waals surface area (Å²) in [6, 6.07) is 19.9. The SMILES string of the molecule is CS(=O)(=O)CCN1CCN(C(=O)C(Sc2ccccc2)c2ccccc2)CC1. The topological polar surface area (TPSA) is 57.7 Å². The van der Waals surface area contributed by atoms with Gasteiger partial charge in [-0.1, -0.05) is 48.5 Å². The van der Waals surface area contributed by atoms with Gasteiger partial charge in [-0.25, -0.2) is 8.42 Å². The van der Waals surface area contributed by atoms with Crippen LogP contribution in [-0.2, 0) is 14.6 Å². The molecule has 0 aliphatic carbocycles. The monoisotopic (exact) mass is 418 g/mol. The first-order valence-corrected chi connectivity index (χ1v) is 12.3. The average Bonchev–Trinajstić information content (AvgIpc) is 2.71. The van der Waals surface area contributed by atoms with Gasteiger partial charge < -0.3 is 4.90 Å². The third-order valence-electron chi connectivity index (χ3n) is 4.79. The Kier molecular flexibility index (Phi) is 7.15. The molecule has 0 radical (unpaired) electrons. The third-order valence-corrected chi connectivity index (χ3v) is 6.96. The Morgan fingerprint density at radius 2 is 1.54 bits per heavy atom. The Hall–Kier alpha value is -1.83. The lowest BCUT2D eigenvalue weighted by atomic mass is 10.1.